The highest BCUT2D eigenvalue weighted by atomic mass is 32.1. The number of carbonyl (C=O) groups is 2. The number of piperazine rings is 1. The molecular weight excluding hydrogens is 320 g/mol. The lowest BCUT2D eigenvalue weighted by Gasteiger charge is -2.35. The number of aryl methyl sites for hydroxylation is 2. The van der Waals surface area contributed by atoms with E-state index < -0.39 is 0 Å². The lowest BCUT2D eigenvalue weighted by atomic mass is 10.0. The minimum Gasteiger partial charge on any atom is -0.339 e. The fraction of sp³-hybridized carbons (Fsp3) is 0.368. The van der Waals surface area contributed by atoms with Gasteiger partial charge in [-0.2, -0.15) is 0 Å². The molecule has 1 aliphatic rings. The third-order valence-electron chi connectivity index (χ3n) is 4.45. The molecule has 2 amide bonds. The van der Waals surface area contributed by atoms with Gasteiger partial charge in [0, 0.05) is 36.6 Å². The van der Waals surface area contributed by atoms with Gasteiger partial charge in [-0.1, -0.05) is 23.8 Å². The summed E-state index contributed by atoms with van der Waals surface area (Å²) in [7, 11) is 0. The van der Waals surface area contributed by atoms with E-state index >= 15 is 0 Å². The molecule has 4 nitrogen and oxygen atoms in total. The van der Waals surface area contributed by atoms with E-state index in [0.717, 1.165) is 21.6 Å². The summed E-state index contributed by atoms with van der Waals surface area (Å²) in [4.78, 5) is 29.9. The normalized spacial score (nSPS) is 14.8. The molecule has 0 N–H and O–H groups in total. The van der Waals surface area contributed by atoms with Crippen LogP contribution in [0.15, 0.2) is 35.7 Å². The van der Waals surface area contributed by atoms with Crippen molar-refractivity contribution in [2.45, 2.75) is 20.3 Å². The van der Waals surface area contributed by atoms with Gasteiger partial charge >= 0.3 is 0 Å². The van der Waals surface area contributed by atoms with Gasteiger partial charge in [-0.25, -0.2) is 0 Å². The first-order chi connectivity index (χ1) is 11.5. The summed E-state index contributed by atoms with van der Waals surface area (Å²) in [5.74, 6) is 0.220. The maximum absolute atomic E-state index is 12.7. The van der Waals surface area contributed by atoms with Crippen molar-refractivity contribution in [1.29, 1.82) is 0 Å². The van der Waals surface area contributed by atoms with Gasteiger partial charge in [0.2, 0.25) is 5.91 Å². The lowest BCUT2D eigenvalue weighted by molar-refractivity contribution is -0.131. The van der Waals surface area contributed by atoms with Gasteiger partial charge in [0.05, 0.1) is 6.42 Å². The number of benzene rings is 1. The van der Waals surface area contributed by atoms with Gasteiger partial charge in [-0.15, -0.1) is 11.3 Å². The molecule has 0 aliphatic carbocycles. The molecular formula is C19H22N2O2S. The summed E-state index contributed by atoms with van der Waals surface area (Å²) in [6, 6.07) is 9.92. The summed E-state index contributed by atoms with van der Waals surface area (Å²) in [6.45, 7) is 6.39. The Morgan fingerprint density at radius 1 is 1.04 bits per heavy atom. The number of hydrogen-bond donors (Lipinski definition) is 0. The van der Waals surface area contributed by atoms with Crippen LogP contribution in [-0.4, -0.2) is 47.8 Å². The molecule has 0 bridgehead atoms. The summed E-state index contributed by atoms with van der Waals surface area (Å²) >= 11 is 1.61. The molecule has 0 spiro atoms. The Balaban J connectivity index is 1.59. The molecule has 2 heterocycles. The second-order valence-electron chi connectivity index (χ2n) is 6.25. The van der Waals surface area contributed by atoms with Crippen LogP contribution in [0.1, 0.15) is 26.4 Å². The van der Waals surface area contributed by atoms with Crippen LogP contribution in [0.3, 0.4) is 0 Å². The minimum absolute atomic E-state index is 0.0709. The first-order valence-electron chi connectivity index (χ1n) is 8.21. The van der Waals surface area contributed by atoms with Crippen LogP contribution < -0.4 is 0 Å². The van der Waals surface area contributed by atoms with Crippen LogP contribution in [-0.2, 0) is 11.2 Å². The Hall–Kier alpha value is -2.14. The maximum atomic E-state index is 12.7. The fourth-order valence-corrected chi connectivity index (χ4v) is 3.67. The molecule has 1 aromatic heterocycles. The van der Waals surface area contributed by atoms with Gasteiger partial charge in [-0.3, -0.25) is 9.59 Å². The molecule has 24 heavy (non-hydrogen) atoms. The predicted octanol–water partition coefficient (Wildman–Crippen LogP) is 2.89. The molecule has 1 aromatic carbocycles. The van der Waals surface area contributed by atoms with Gasteiger partial charge < -0.3 is 9.80 Å². The molecule has 5 heteroatoms. The lowest BCUT2D eigenvalue weighted by Crippen LogP contribution is -2.51. The maximum Gasteiger partial charge on any atom is 0.254 e. The van der Waals surface area contributed by atoms with Crippen LogP contribution in [0.4, 0.5) is 0 Å². The number of carbonyl (C=O) groups excluding carboxylic acids is 2. The molecule has 0 radical (unpaired) electrons. The average molecular weight is 342 g/mol. The second kappa shape index (κ2) is 7.18. The quantitative estimate of drug-likeness (QED) is 0.860. The highest BCUT2D eigenvalue weighted by molar-refractivity contribution is 7.10. The molecule has 3 rings (SSSR count). The van der Waals surface area contributed by atoms with Crippen LogP contribution in [0, 0.1) is 13.8 Å². The zero-order chi connectivity index (χ0) is 17.1. The molecule has 1 aliphatic heterocycles. The molecule has 1 fully saturated rings. The standard InChI is InChI=1S/C19H22N2O2S/c1-14-5-6-15(2)17(12-14)19(23)21-9-7-20(8-10-21)18(22)13-16-4-3-11-24-16/h3-6,11-12H,7-10,13H2,1-2H3. The average Bonchev–Trinajstić information content (AvgIpc) is 3.09. The minimum atomic E-state index is 0.0709. The zero-order valence-electron chi connectivity index (χ0n) is 14.1. The SMILES string of the molecule is Cc1ccc(C)c(C(=O)N2CCN(C(=O)Cc3cccs3)CC2)c1. The van der Waals surface area contributed by atoms with Crippen molar-refractivity contribution in [1.82, 2.24) is 9.80 Å². The van der Waals surface area contributed by atoms with Gasteiger partial charge in [0.15, 0.2) is 0 Å². The van der Waals surface area contributed by atoms with Gasteiger partial charge in [0.25, 0.3) is 5.91 Å². The van der Waals surface area contributed by atoms with Crippen molar-refractivity contribution in [3.63, 3.8) is 0 Å². The number of hydrogen-bond acceptors (Lipinski definition) is 3. The van der Waals surface area contributed by atoms with E-state index in [1.54, 1.807) is 11.3 Å². The highest BCUT2D eigenvalue weighted by Gasteiger charge is 2.25. The Labute approximate surface area is 146 Å². The Morgan fingerprint density at radius 2 is 1.75 bits per heavy atom. The summed E-state index contributed by atoms with van der Waals surface area (Å²) in [6.07, 6.45) is 0.461. The zero-order valence-corrected chi connectivity index (χ0v) is 14.9. The number of nitrogens with zero attached hydrogens (tertiary/aromatic N) is 2. The van der Waals surface area contributed by atoms with Crippen molar-refractivity contribution >= 4 is 23.2 Å². The third-order valence-corrected chi connectivity index (χ3v) is 5.33. The van der Waals surface area contributed by atoms with Gasteiger partial charge in [-0.05, 0) is 36.9 Å². The van der Waals surface area contributed by atoms with Crippen molar-refractivity contribution in [2.75, 3.05) is 26.2 Å². The molecule has 1 saturated heterocycles. The summed E-state index contributed by atoms with van der Waals surface area (Å²) < 4.78 is 0. The predicted molar refractivity (Wildman–Crippen MR) is 96.4 cm³/mol. The first-order valence-corrected chi connectivity index (χ1v) is 9.09. The van der Waals surface area contributed by atoms with Crippen molar-refractivity contribution in [2.24, 2.45) is 0 Å². The first kappa shape index (κ1) is 16.7. The highest BCUT2D eigenvalue weighted by Crippen LogP contribution is 2.16. The molecule has 126 valence electrons. The molecule has 2 aromatic rings. The topological polar surface area (TPSA) is 40.6 Å². The third kappa shape index (κ3) is 3.67. The van der Waals surface area contributed by atoms with E-state index in [2.05, 4.69) is 0 Å². The molecule has 0 atom stereocenters. The second-order valence-corrected chi connectivity index (χ2v) is 7.28. The number of thiophene rings is 1. The largest absolute Gasteiger partial charge is 0.339 e. The van der Waals surface area contributed by atoms with E-state index in [4.69, 9.17) is 0 Å². The number of amides is 2. The van der Waals surface area contributed by atoms with Crippen molar-refractivity contribution in [3.8, 4) is 0 Å². The van der Waals surface area contributed by atoms with Crippen molar-refractivity contribution in [3.05, 3.63) is 57.3 Å². The van der Waals surface area contributed by atoms with Crippen molar-refractivity contribution < 1.29 is 9.59 Å². The Bertz CT molecular complexity index is 732. The van der Waals surface area contributed by atoms with E-state index in [0.29, 0.717) is 32.6 Å². The van der Waals surface area contributed by atoms with Crippen LogP contribution in [0.5, 0.6) is 0 Å². The fourth-order valence-electron chi connectivity index (χ4n) is 2.97. The Morgan fingerprint density at radius 3 is 2.42 bits per heavy atom. The monoisotopic (exact) mass is 342 g/mol. The van der Waals surface area contributed by atoms with Crippen LogP contribution >= 0.6 is 11.3 Å². The smallest absolute Gasteiger partial charge is 0.254 e. The van der Waals surface area contributed by atoms with Crippen LogP contribution in [0.2, 0.25) is 0 Å². The van der Waals surface area contributed by atoms with E-state index in [1.807, 2.05) is 59.4 Å². The summed E-state index contributed by atoms with van der Waals surface area (Å²) in [5.41, 5.74) is 2.86. The van der Waals surface area contributed by atoms with Gasteiger partial charge in [0.1, 0.15) is 0 Å². The van der Waals surface area contributed by atoms with E-state index in [9.17, 15) is 9.59 Å². The van der Waals surface area contributed by atoms with E-state index in [1.165, 1.54) is 0 Å². The van der Waals surface area contributed by atoms with Crippen LogP contribution in [0.25, 0.3) is 0 Å². The van der Waals surface area contributed by atoms with E-state index in [-0.39, 0.29) is 11.8 Å². The summed E-state index contributed by atoms with van der Waals surface area (Å²) in [5, 5.41) is 1.99. The molecule has 0 saturated carbocycles. The number of rotatable bonds is 3. The Kier molecular flexibility index (Phi) is 5.00. The molecule has 0 unspecified atom stereocenters.